The number of aryl methyl sites for hydroxylation is 1. The van der Waals surface area contributed by atoms with Gasteiger partial charge >= 0.3 is 0 Å². The van der Waals surface area contributed by atoms with Crippen molar-refractivity contribution in [3.63, 3.8) is 0 Å². The van der Waals surface area contributed by atoms with Gasteiger partial charge in [0.1, 0.15) is 17.4 Å². The van der Waals surface area contributed by atoms with Gasteiger partial charge in [-0.05, 0) is 67.6 Å². The largest absolute Gasteiger partial charge is 0.492 e. The molecule has 2 fully saturated rings. The average Bonchev–Trinajstić information content (AvgIpc) is 3.46. The van der Waals surface area contributed by atoms with Crippen LogP contribution in [0.1, 0.15) is 40.7 Å². The first-order valence-corrected chi connectivity index (χ1v) is 13.6. The number of thiazole rings is 1. The van der Waals surface area contributed by atoms with Crippen LogP contribution in [0.2, 0.25) is 0 Å². The number of carbonyl (C=O) groups is 1. The van der Waals surface area contributed by atoms with Gasteiger partial charge in [0, 0.05) is 53.4 Å². The number of ether oxygens (including phenoxy) is 1. The molecular formula is C29H30N4O3S. The number of rotatable bonds is 9. The third kappa shape index (κ3) is 4.72. The lowest BCUT2D eigenvalue weighted by molar-refractivity contribution is 0.0362. The van der Waals surface area contributed by atoms with E-state index in [1.54, 1.807) is 17.5 Å². The maximum Gasteiger partial charge on any atom is 0.252 e. The molecule has 6 rings (SSSR count). The molecule has 1 aliphatic heterocycles. The van der Waals surface area contributed by atoms with E-state index in [0.717, 1.165) is 58.4 Å². The Morgan fingerprint density at radius 1 is 1.22 bits per heavy atom. The van der Waals surface area contributed by atoms with Crippen LogP contribution in [0.4, 0.5) is 0 Å². The van der Waals surface area contributed by atoms with E-state index in [1.165, 1.54) is 0 Å². The summed E-state index contributed by atoms with van der Waals surface area (Å²) in [5.41, 5.74) is 4.14. The van der Waals surface area contributed by atoms with Crippen LogP contribution in [0, 0.1) is 6.92 Å². The summed E-state index contributed by atoms with van der Waals surface area (Å²) < 4.78 is 6.06. The molecule has 0 unspecified atom stereocenters. The van der Waals surface area contributed by atoms with E-state index >= 15 is 0 Å². The second-order valence-electron chi connectivity index (χ2n) is 9.96. The summed E-state index contributed by atoms with van der Waals surface area (Å²) in [6.45, 7) is 4.33. The van der Waals surface area contributed by atoms with Crippen molar-refractivity contribution >= 4 is 28.1 Å². The number of carbonyl (C=O) groups excluding carboxylic acids is 1. The molecule has 1 aliphatic carbocycles. The molecule has 1 amide bonds. The third-order valence-electron chi connectivity index (χ3n) is 7.57. The molecule has 7 nitrogen and oxygen atoms in total. The zero-order valence-corrected chi connectivity index (χ0v) is 21.6. The Morgan fingerprint density at radius 3 is 2.84 bits per heavy atom. The second-order valence-corrected chi connectivity index (χ2v) is 10.9. The first-order chi connectivity index (χ1) is 18.1. The van der Waals surface area contributed by atoms with Crippen LogP contribution in [0.5, 0.6) is 5.75 Å². The molecule has 2 N–H and O–H groups in total. The van der Waals surface area contributed by atoms with Gasteiger partial charge in [0.05, 0.1) is 17.7 Å². The highest BCUT2D eigenvalue weighted by Gasteiger charge is 2.47. The van der Waals surface area contributed by atoms with Crippen LogP contribution in [0.15, 0.2) is 60.2 Å². The Bertz CT molecular complexity index is 1430. The minimum atomic E-state index is -0.425. The van der Waals surface area contributed by atoms with E-state index in [9.17, 15) is 9.90 Å². The van der Waals surface area contributed by atoms with Crippen LogP contribution in [-0.2, 0) is 5.54 Å². The predicted molar refractivity (Wildman–Crippen MR) is 145 cm³/mol. The number of nitrogens with zero attached hydrogens (tertiary/aromatic N) is 3. The van der Waals surface area contributed by atoms with Crippen molar-refractivity contribution in [2.45, 2.75) is 37.8 Å². The standard InChI is InChI=1S/C29H30N4O3S/c1-19-4-5-22(36-18-21-6-11-33(21)12-13-34)17-24(19)27(35)32-29(7-8-29)25-15-20(28-31-10-14-37-28)16-26-23(25)3-2-9-30-26/h2-5,9-10,14-17,21,34H,6-8,11-13,18H2,1H3,(H,32,35)/t21-/m0/s1. The van der Waals surface area contributed by atoms with Crippen molar-refractivity contribution in [1.29, 1.82) is 0 Å². The number of fused-ring (bicyclic) bond motifs is 1. The number of pyridine rings is 1. The van der Waals surface area contributed by atoms with Gasteiger partial charge < -0.3 is 15.2 Å². The van der Waals surface area contributed by atoms with Gasteiger partial charge in [0.2, 0.25) is 0 Å². The van der Waals surface area contributed by atoms with E-state index in [0.29, 0.717) is 30.5 Å². The fourth-order valence-corrected chi connectivity index (χ4v) is 5.80. The smallest absolute Gasteiger partial charge is 0.252 e. The molecule has 2 aromatic heterocycles. The topological polar surface area (TPSA) is 87.6 Å². The van der Waals surface area contributed by atoms with Crippen LogP contribution in [-0.4, -0.2) is 58.2 Å². The highest BCUT2D eigenvalue weighted by Crippen LogP contribution is 2.49. The van der Waals surface area contributed by atoms with Crippen molar-refractivity contribution in [1.82, 2.24) is 20.2 Å². The average molecular weight is 515 g/mol. The van der Waals surface area contributed by atoms with Crippen LogP contribution < -0.4 is 10.1 Å². The number of aromatic nitrogens is 2. The van der Waals surface area contributed by atoms with E-state index < -0.39 is 5.54 Å². The lowest BCUT2D eigenvalue weighted by atomic mass is 9.95. The summed E-state index contributed by atoms with van der Waals surface area (Å²) in [4.78, 5) is 24.9. The number of hydrogen-bond donors (Lipinski definition) is 2. The van der Waals surface area contributed by atoms with Gasteiger partial charge in [0.25, 0.3) is 5.91 Å². The summed E-state index contributed by atoms with van der Waals surface area (Å²) in [5.74, 6) is 0.597. The zero-order chi connectivity index (χ0) is 25.4. The normalized spacial score (nSPS) is 18.4. The molecule has 1 saturated heterocycles. The number of likely N-dealkylation sites (tertiary alicyclic amines) is 1. The number of hydrogen-bond acceptors (Lipinski definition) is 7. The van der Waals surface area contributed by atoms with Crippen molar-refractivity contribution < 1.29 is 14.6 Å². The molecule has 3 heterocycles. The number of aliphatic hydroxyl groups excluding tert-OH is 1. The maximum atomic E-state index is 13.6. The lowest BCUT2D eigenvalue weighted by Gasteiger charge is -2.40. The van der Waals surface area contributed by atoms with Gasteiger partial charge in [-0.3, -0.25) is 14.7 Å². The Morgan fingerprint density at radius 2 is 2.11 bits per heavy atom. The van der Waals surface area contributed by atoms with Crippen molar-refractivity contribution in [3.05, 3.63) is 76.9 Å². The van der Waals surface area contributed by atoms with Crippen LogP contribution in [0.3, 0.4) is 0 Å². The molecular weight excluding hydrogens is 484 g/mol. The van der Waals surface area contributed by atoms with E-state index in [2.05, 4.69) is 38.4 Å². The Balaban J connectivity index is 1.25. The molecule has 2 aliphatic rings. The fourth-order valence-electron chi connectivity index (χ4n) is 5.17. The number of amides is 1. The fraction of sp³-hybridized carbons (Fsp3) is 0.345. The van der Waals surface area contributed by atoms with Gasteiger partial charge in [-0.25, -0.2) is 4.98 Å². The summed E-state index contributed by atoms with van der Waals surface area (Å²) in [7, 11) is 0. The molecule has 1 atom stereocenters. The zero-order valence-electron chi connectivity index (χ0n) is 20.8. The Kier molecular flexibility index (Phi) is 6.40. The molecule has 0 bridgehead atoms. The summed E-state index contributed by atoms with van der Waals surface area (Å²) >= 11 is 1.60. The number of nitrogens with one attached hydrogen (secondary N) is 1. The Labute approximate surface area is 220 Å². The molecule has 2 aromatic carbocycles. The molecule has 37 heavy (non-hydrogen) atoms. The molecule has 0 radical (unpaired) electrons. The predicted octanol–water partition coefficient (Wildman–Crippen LogP) is 4.53. The first-order valence-electron chi connectivity index (χ1n) is 12.8. The third-order valence-corrected chi connectivity index (χ3v) is 8.39. The van der Waals surface area contributed by atoms with Crippen molar-refractivity contribution in [3.8, 4) is 16.3 Å². The summed E-state index contributed by atoms with van der Waals surface area (Å²) in [6, 6.07) is 14.3. The maximum absolute atomic E-state index is 13.6. The van der Waals surface area contributed by atoms with Gasteiger partial charge in [-0.2, -0.15) is 0 Å². The lowest BCUT2D eigenvalue weighted by Crippen LogP contribution is -2.51. The van der Waals surface area contributed by atoms with Crippen molar-refractivity contribution in [2.75, 3.05) is 26.3 Å². The number of β-amino-alcohol motifs (C(OH)–C–C–N with tert-alkyl or cyclic N) is 1. The number of benzene rings is 2. The van der Waals surface area contributed by atoms with Gasteiger partial charge in [-0.15, -0.1) is 11.3 Å². The molecule has 190 valence electrons. The minimum Gasteiger partial charge on any atom is -0.492 e. The van der Waals surface area contributed by atoms with E-state index in [-0.39, 0.29) is 12.5 Å². The van der Waals surface area contributed by atoms with Crippen LogP contribution in [0.25, 0.3) is 21.5 Å². The minimum absolute atomic E-state index is 0.0947. The molecule has 0 spiro atoms. The van der Waals surface area contributed by atoms with Gasteiger partial charge in [0.15, 0.2) is 0 Å². The van der Waals surface area contributed by atoms with E-state index in [4.69, 9.17) is 4.74 Å². The first kappa shape index (κ1) is 24.0. The SMILES string of the molecule is Cc1ccc(OC[C@@H]2CCN2CCO)cc1C(=O)NC1(c2cc(-c3nccs3)cc3ncccc23)CC1. The monoisotopic (exact) mass is 514 g/mol. The van der Waals surface area contributed by atoms with Crippen LogP contribution >= 0.6 is 11.3 Å². The van der Waals surface area contributed by atoms with Crippen molar-refractivity contribution in [2.24, 2.45) is 0 Å². The quantitative estimate of drug-likeness (QED) is 0.341. The number of aliphatic hydroxyl groups is 1. The summed E-state index contributed by atoms with van der Waals surface area (Å²) in [5, 5.41) is 16.5. The van der Waals surface area contributed by atoms with E-state index in [1.807, 2.05) is 42.8 Å². The Hall–Kier alpha value is -3.33. The molecule has 4 aromatic rings. The highest BCUT2D eigenvalue weighted by molar-refractivity contribution is 7.13. The molecule has 1 saturated carbocycles. The molecule has 8 heteroatoms. The van der Waals surface area contributed by atoms with Gasteiger partial charge in [-0.1, -0.05) is 12.1 Å². The second kappa shape index (κ2) is 9.85. The summed E-state index contributed by atoms with van der Waals surface area (Å²) in [6.07, 6.45) is 6.43. The highest BCUT2D eigenvalue weighted by atomic mass is 32.1.